The van der Waals surface area contributed by atoms with Crippen molar-refractivity contribution in [2.75, 3.05) is 4.90 Å². The van der Waals surface area contributed by atoms with Gasteiger partial charge in [-0.3, -0.25) is 0 Å². The maximum atomic E-state index is 2.62. The van der Waals surface area contributed by atoms with Gasteiger partial charge in [0, 0.05) is 44.6 Å². The van der Waals surface area contributed by atoms with Crippen LogP contribution in [0.25, 0.3) is 39.0 Å². The number of aromatic nitrogens is 1. The van der Waals surface area contributed by atoms with Gasteiger partial charge < -0.3 is 9.47 Å². The molecule has 0 unspecified atom stereocenters. The third-order valence-corrected chi connectivity index (χ3v) is 10.3. The number of anilines is 3. The number of benzene rings is 6. The molecule has 206 valence electrons. The molecule has 1 aliphatic carbocycles. The van der Waals surface area contributed by atoms with Gasteiger partial charge in [-0.15, -0.1) is 0 Å². The van der Waals surface area contributed by atoms with E-state index in [0.717, 1.165) is 0 Å². The highest BCUT2D eigenvalue weighted by molar-refractivity contribution is 7.00. The second-order valence-corrected chi connectivity index (χ2v) is 12.9. The van der Waals surface area contributed by atoms with Gasteiger partial charge in [0.1, 0.15) is 0 Å². The van der Waals surface area contributed by atoms with Crippen molar-refractivity contribution in [3.63, 3.8) is 0 Å². The van der Waals surface area contributed by atoms with Crippen LogP contribution in [0, 0.1) is 0 Å². The molecule has 2 aliphatic heterocycles. The molecule has 44 heavy (non-hydrogen) atoms. The standard InChI is InChI=1S/C41H29BN2/c1-41(2)31-19-10-9-18-29(31)40-37(41)30-24-27(26-14-5-3-6-15-26)25-33-39(30)44(40)36-23-13-22-35-38(36)42(33)32-20-11-12-21-34(32)43(35)28-16-7-4-8-17-28/h3-25H,1-2H3. The van der Waals surface area contributed by atoms with Crippen LogP contribution >= 0.6 is 0 Å². The van der Waals surface area contributed by atoms with Gasteiger partial charge in [-0.1, -0.05) is 117 Å². The fraction of sp³-hybridized carbons (Fsp3) is 0.0732. The van der Waals surface area contributed by atoms with Crippen LogP contribution in [-0.2, 0) is 5.41 Å². The van der Waals surface area contributed by atoms with Gasteiger partial charge in [-0.25, -0.2) is 0 Å². The molecule has 3 heterocycles. The Labute approximate surface area is 257 Å². The first-order chi connectivity index (χ1) is 21.6. The van der Waals surface area contributed by atoms with Crippen LogP contribution in [0.1, 0.15) is 25.0 Å². The summed E-state index contributed by atoms with van der Waals surface area (Å²) in [5.41, 5.74) is 18.5. The first-order valence-corrected chi connectivity index (χ1v) is 15.6. The molecule has 0 radical (unpaired) electrons. The maximum Gasteiger partial charge on any atom is 0.252 e. The molecule has 0 fully saturated rings. The molecule has 1 aromatic heterocycles. The summed E-state index contributed by atoms with van der Waals surface area (Å²) in [5, 5.41) is 1.37. The van der Waals surface area contributed by atoms with E-state index < -0.39 is 0 Å². The van der Waals surface area contributed by atoms with E-state index in [1.54, 1.807) is 0 Å². The lowest BCUT2D eigenvalue weighted by atomic mass is 9.33. The van der Waals surface area contributed by atoms with Crippen molar-refractivity contribution in [3.05, 3.63) is 151 Å². The van der Waals surface area contributed by atoms with E-state index in [0.29, 0.717) is 0 Å². The minimum atomic E-state index is -0.117. The Morgan fingerprint density at radius 1 is 0.568 bits per heavy atom. The van der Waals surface area contributed by atoms with E-state index in [1.165, 1.54) is 83.6 Å². The summed E-state index contributed by atoms with van der Waals surface area (Å²) in [6.07, 6.45) is 0. The van der Waals surface area contributed by atoms with Crippen LogP contribution < -0.4 is 21.3 Å². The molecule has 0 N–H and O–H groups in total. The molecule has 0 atom stereocenters. The van der Waals surface area contributed by atoms with Crippen molar-refractivity contribution >= 4 is 51.1 Å². The summed E-state index contributed by atoms with van der Waals surface area (Å²) in [7, 11) is 0. The van der Waals surface area contributed by atoms with Crippen LogP contribution in [0.5, 0.6) is 0 Å². The Balaban J connectivity index is 1.40. The fourth-order valence-electron chi connectivity index (χ4n) is 8.59. The van der Waals surface area contributed by atoms with Crippen molar-refractivity contribution in [2.24, 2.45) is 0 Å². The van der Waals surface area contributed by atoms with Crippen molar-refractivity contribution in [1.82, 2.24) is 4.57 Å². The van der Waals surface area contributed by atoms with Gasteiger partial charge in [0.2, 0.25) is 0 Å². The third kappa shape index (κ3) is 2.92. The predicted octanol–water partition coefficient (Wildman–Crippen LogP) is 8.22. The summed E-state index contributed by atoms with van der Waals surface area (Å²) >= 11 is 0. The Hall–Kier alpha value is -5.28. The van der Waals surface area contributed by atoms with Crippen molar-refractivity contribution in [2.45, 2.75) is 19.3 Å². The van der Waals surface area contributed by atoms with E-state index in [-0.39, 0.29) is 12.1 Å². The highest BCUT2D eigenvalue weighted by Crippen LogP contribution is 2.54. The van der Waals surface area contributed by atoms with Gasteiger partial charge in [0.15, 0.2) is 0 Å². The highest BCUT2D eigenvalue weighted by atomic mass is 15.2. The molecule has 3 aliphatic rings. The average Bonchev–Trinajstić information content (AvgIpc) is 3.54. The van der Waals surface area contributed by atoms with E-state index in [9.17, 15) is 0 Å². The lowest BCUT2D eigenvalue weighted by Crippen LogP contribution is -2.60. The van der Waals surface area contributed by atoms with Gasteiger partial charge in [0.25, 0.3) is 6.71 Å². The SMILES string of the molecule is CC1(C)c2ccccc2-c2c1c1cc(-c3ccccc3)cc3c1n2-c1cccc2c1B3c1ccccc1N2c1ccccc1. The molecular weight excluding hydrogens is 531 g/mol. The van der Waals surface area contributed by atoms with E-state index in [1.807, 2.05) is 0 Å². The van der Waals surface area contributed by atoms with Crippen LogP contribution in [-0.4, -0.2) is 11.3 Å². The van der Waals surface area contributed by atoms with Crippen LogP contribution in [0.15, 0.2) is 140 Å². The number of rotatable bonds is 2. The van der Waals surface area contributed by atoms with E-state index in [4.69, 9.17) is 0 Å². The number of hydrogen-bond donors (Lipinski definition) is 0. The smallest absolute Gasteiger partial charge is 0.252 e. The lowest BCUT2D eigenvalue weighted by Gasteiger charge is -2.40. The van der Waals surface area contributed by atoms with Crippen molar-refractivity contribution < 1.29 is 0 Å². The molecule has 0 spiro atoms. The molecule has 3 heteroatoms. The zero-order valence-electron chi connectivity index (χ0n) is 24.8. The zero-order chi connectivity index (χ0) is 29.2. The minimum absolute atomic E-state index is 0.117. The molecular formula is C41H29BN2. The largest absolute Gasteiger partial charge is 0.311 e. The quantitative estimate of drug-likeness (QED) is 0.194. The molecule has 10 rings (SSSR count). The molecule has 0 amide bonds. The minimum Gasteiger partial charge on any atom is -0.311 e. The first-order valence-electron chi connectivity index (χ1n) is 15.6. The lowest BCUT2D eigenvalue weighted by molar-refractivity contribution is 0.666. The van der Waals surface area contributed by atoms with Gasteiger partial charge >= 0.3 is 0 Å². The van der Waals surface area contributed by atoms with E-state index >= 15 is 0 Å². The molecule has 0 saturated carbocycles. The number of nitrogens with zero attached hydrogens (tertiary/aromatic N) is 2. The Bertz CT molecular complexity index is 2310. The Morgan fingerprint density at radius 2 is 1.25 bits per heavy atom. The normalized spacial score (nSPS) is 14.7. The van der Waals surface area contributed by atoms with Crippen LogP contribution in [0.4, 0.5) is 17.1 Å². The third-order valence-electron chi connectivity index (χ3n) is 10.3. The number of fused-ring (bicyclic) bond motifs is 9. The maximum absolute atomic E-state index is 2.62. The monoisotopic (exact) mass is 560 g/mol. The first kappa shape index (κ1) is 24.2. The topological polar surface area (TPSA) is 8.17 Å². The molecule has 2 nitrogen and oxygen atoms in total. The van der Waals surface area contributed by atoms with Crippen LogP contribution in [0.2, 0.25) is 0 Å². The van der Waals surface area contributed by atoms with Gasteiger partial charge in [0.05, 0.1) is 5.69 Å². The summed E-state index contributed by atoms with van der Waals surface area (Å²) < 4.78 is 2.62. The van der Waals surface area contributed by atoms with Crippen molar-refractivity contribution in [1.29, 1.82) is 0 Å². The summed E-state index contributed by atoms with van der Waals surface area (Å²) in [6.45, 7) is 4.95. The van der Waals surface area contributed by atoms with Crippen LogP contribution in [0.3, 0.4) is 0 Å². The molecule has 0 bridgehead atoms. The van der Waals surface area contributed by atoms with Gasteiger partial charge in [-0.2, -0.15) is 0 Å². The molecule has 7 aromatic rings. The number of hydrogen-bond acceptors (Lipinski definition) is 1. The summed E-state index contributed by atoms with van der Waals surface area (Å²) in [4.78, 5) is 2.47. The predicted molar refractivity (Wildman–Crippen MR) is 186 cm³/mol. The summed E-state index contributed by atoms with van der Waals surface area (Å²) in [5.74, 6) is 0. The Morgan fingerprint density at radius 3 is 2.09 bits per heavy atom. The second-order valence-electron chi connectivity index (χ2n) is 12.9. The van der Waals surface area contributed by atoms with Crippen molar-refractivity contribution in [3.8, 4) is 28.1 Å². The highest BCUT2D eigenvalue weighted by Gasteiger charge is 2.46. The van der Waals surface area contributed by atoms with E-state index in [2.05, 4.69) is 163 Å². The van der Waals surface area contributed by atoms with Gasteiger partial charge in [-0.05, 0) is 75.0 Å². The molecule has 0 saturated heterocycles. The number of para-hydroxylation sites is 2. The second kappa shape index (κ2) is 8.42. The average molecular weight is 561 g/mol. The zero-order valence-corrected chi connectivity index (χ0v) is 24.8. The Kier molecular flexibility index (Phi) is 4.63. The molecule has 6 aromatic carbocycles. The fourth-order valence-corrected chi connectivity index (χ4v) is 8.59. The summed E-state index contributed by atoms with van der Waals surface area (Å²) in [6, 6.07) is 51.7.